The number of halogens is 1. The van der Waals surface area contributed by atoms with Crippen molar-refractivity contribution in [1.82, 2.24) is 10.3 Å². The van der Waals surface area contributed by atoms with Gasteiger partial charge in [0, 0.05) is 16.6 Å². The van der Waals surface area contributed by atoms with Crippen LogP contribution in [0.5, 0.6) is 0 Å². The van der Waals surface area contributed by atoms with Crippen LogP contribution in [0.4, 0.5) is 0 Å². The minimum absolute atomic E-state index is 0.742. The van der Waals surface area contributed by atoms with Crippen molar-refractivity contribution in [3.05, 3.63) is 40.3 Å². The summed E-state index contributed by atoms with van der Waals surface area (Å²) in [6.45, 7) is 5.95. The Morgan fingerprint density at radius 3 is 3.00 bits per heavy atom. The van der Waals surface area contributed by atoms with E-state index in [0.29, 0.717) is 0 Å². The zero-order valence-electron chi connectivity index (χ0n) is 10.7. The third-order valence-electron chi connectivity index (χ3n) is 2.87. The van der Waals surface area contributed by atoms with Gasteiger partial charge < -0.3 is 9.73 Å². The summed E-state index contributed by atoms with van der Waals surface area (Å²) in [6.07, 6.45) is 2.63. The van der Waals surface area contributed by atoms with E-state index in [0.717, 1.165) is 41.0 Å². The van der Waals surface area contributed by atoms with E-state index in [1.807, 2.05) is 12.1 Å². The maximum Gasteiger partial charge on any atom is 0.181 e. The molecule has 0 radical (unpaired) electrons. The highest BCUT2D eigenvalue weighted by molar-refractivity contribution is 9.10. The second-order valence-corrected chi connectivity index (χ2v) is 5.07. The average molecular weight is 309 g/mol. The van der Waals surface area contributed by atoms with Crippen LogP contribution < -0.4 is 5.32 Å². The van der Waals surface area contributed by atoms with Gasteiger partial charge in [-0.2, -0.15) is 0 Å². The molecule has 96 valence electrons. The zero-order chi connectivity index (χ0) is 13.0. The van der Waals surface area contributed by atoms with Gasteiger partial charge in [0.1, 0.15) is 5.69 Å². The Labute approximate surface area is 116 Å². The predicted molar refractivity (Wildman–Crippen MR) is 76.4 cm³/mol. The fourth-order valence-corrected chi connectivity index (χ4v) is 2.22. The van der Waals surface area contributed by atoms with Gasteiger partial charge in [0.25, 0.3) is 0 Å². The van der Waals surface area contributed by atoms with E-state index in [1.54, 1.807) is 0 Å². The lowest BCUT2D eigenvalue weighted by atomic mass is 10.1. The molecule has 18 heavy (non-hydrogen) atoms. The minimum Gasteiger partial charge on any atom is -0.443 e. The lowest BCUT2D eigenvalue weighted by Crippen LogP contribution is -2.14. The Balaban J connectivity index is 2.28. The van der Waals surface area contributed by atoms with Crippen molar-refractivity contribution < 1.29 is 4.42 Å². The van der Waals surface area contributed by atoms with Crippen LogP contribution in [0.15, 0.2) is 33.5 Å². The molecule has 0 unspecified atom stereocenters. The van der Waals surface area contributed by atoms with Crippen LogP contribution in [-0.4, -0.2) is 11.5 Å². The first-order valence-electron chi connectivity index (χ1n) is 6.12. The standard InChI is InChI=1S/C14H17BrN2O/c1-3-7-16-8-13-14(18-9-17-13)11-5-4-6-12(15)10(11)2/h4-6,9,16H,3,7-8H2,1-2H3. The van der Waals surface area contributed by atoms with E-state index in [-0.39, 0.29) is 0 Å². The molecule has 2 aromatic rings. The molecule has 0 atom stereocenters. The molecule has 0 aliphatic rings. The molecule has 0 saturated carbocycles. The Bertz CT molecular complexity index is 522. The van der Waals surface area contributed by atoms with Crippen molar-refractivity contribution in [3.8, 4) is 11.3 Å². The van der Waals surface area contributed by atoms with Crippen LogP contribution >= 0.6 is 15.9 Å². The monoisotopic (exact) mass is 308 g/mol. The van der Waals surface area contributed by atoms with Crippen LogP contribution in [0, 0.1) is 6.92 Å². The van der Waals surface area contributed by atoms with Gasteiger partial charge in [-0.1, -0.05) is 35.0 Å². The highest BCUT2D eigenvalue weighted by Gasteiger charge is 2.13. The minimum atomic E-state index is 0.742. The number of nitrogens with zero attached hydrogens (tertiary/aromatic N) is 1. The Morgan fingerprint density at radius 1 is 1.39 bits per heavy atom. The second-order valence-electron chi connectivity index (χ2n) is 4.22. The summed E-state index contributed by atoms with van der Waals surface area (Å²) < 4.78 is 6.63. The third-order valence-corrected chi connectivity index (χ3v) is 3.73. The van der Waals surface area contributed by atoms with Gasteiger partial charge in [0.15, 0.2) is 12.2 Å². The summed E-state index contributed by atoms with van der Waals surface area (Å²) in [6, 6.07) is 6.10. The second kappa shape index (κ2) is 6.16. The van der Waals surface area contributed by atoms with Crippen molar-refractivity contribution >= 4 is 15.9 Å². The average Bonchev–Trinajstić information content (AvgIpc) is 2.81. The SMILES string of the molecule is CCCNCc1ncoc1-c1cccc(Br)c1C. The van der Waals surface area contributed by atoms with E-state index in [9.17, 15) is 0 Å². The molecule has 0 spiro atoms. The molecule has 0 saturated heterocycles. The number of oxazole rings is 1. The van der Waals surface area contributed by atoms with E-state index >= 15 is 0 Å². The van der Waals surface area contributed by atoms with E-state index in [4.69, 9.17) is 4.42 Å². The molecule has 0 aliphatic heterocycles. The van der Waals surface area contributed by atoms with Crippen molar-refractivity contribution in [2.75, 3.05) is 6.54 Å². The van der Waals surface area contributed by atoms with Crippen LogP contribution in [-0.2, 0) is 6.54 Å². The summed E-state index contributed by atoms with van der Waals surface area (Å²) in [5.41, 5.74) is 3.23. The smallest absolute Gasteiger partial charge is 0.181 e. The van der Waals surface area contributed by atoms with Crippen LogP contribution in [0.3, 0.4) is 0 Å². The summed E-state index contributed by atoms with van der Waals surface area (Å²) in [5, 5.41) is 3.35. The molecule has 0 bridgehead atoms. The molecule has 2 rings (SSSR count). The molecular weight excluding hydrogens is 292 g/mol. The van der Waals surface area contributed by atoms with Crippen molar-refractivity contribution in [2.24, 2.45) is 0 Å². The highest BCUT2D eigenvalue weighted by atomic mass is 79.9. The number of hydrogen-bond acceptors (Lipinski definition) is 3. The van der Waals surface area contributed by atoms with Crippen LogP contribution in [0.1, 0.15) is 24.6 Å². The lowest BCUT2D eigenvalue weighted by molar-refractivity contribution is 0.569. The van der Waals surface area contributed by atoms with Gasteiger partial charge in [-0.05, 0) is 31.5 Å². The van der Waals surface area contributed by atoms with Gasteiger partial charge in [-0.15, -0.1) is 0 Å². The van der Waals surface area contributed by atoms with Crippen molar-refractivity contribution in [2.45, 2.75) is 26.8 Å². The fraction of sp³-hybridized carbons (Fsp3) is 0.357. The summed E-state index contributed by atoms with van der Waals surface area (Å²) >= 11 is 3.54. The molecule has 4 heteroatoms. The first-order valence-corrected chi connectivity index (χ1v) is 6.92. The number of nitrogens with one attached hydrogen (secondary N) is 1. The van der Waals surface area contributed by atoms with Gasteiger partial charge in [-0.3, -0.25) is 0 Å². The number of benzene rings is 1. The van der Waals surface area contributed by atoms with E-state index in [1.165, 1.54) is 12.0 Å². The number of aromatic nitrogens is 1. The quantitative estimate of drug-likeness (QED) is 0.851. The molecule has 1 N–H and O–H groups in total. The van der Waals surface area contributed by atoms with Gasteiger partial charge in [0.2, 0.25) is 0 Å². The van der Waals surface area contributed by atoms with E-state index < -0.39 is 0 Å². The molecule has 1 aromatic carbocycles. The summed E-state index contributed by atoms with van der Waals surface area (Å²) in [5.74, 6) is 0.859. The van der Waals surface area contributed by atoms with Crippen molar-refractivity contribution in [3.63, 3.8) is 0 Å². The Hall–Kier alpha value is -1.13. The molecule has 0 amide bonds. The predicted octanol–water partition coefficient (Wildman–Crippen LogP) is 3.91. The maximum atomic E-state index is 5.55. The van der Waals surface area contributed by atoms with Gasteiger partial charge in [-0.25, -0.2) is 4.98 Å². The third kappa shape index (κ3) is 2.82. The lowest BCUT2D eigenvalue weighted by Gasteiger charge is -2.07. The summed E-state index contributed by atoms with van der Waals surface area (Å²) in [7, 11) is 0. The van der Waals surface area contributed by atoms with Crippen LogP contribution in [0.2, 0.25) is 0 Å². The maximum absolute atomic E-state index is 5.55. The highest BCUT2D eigenvalue weighted by Crippen LogP contribution is 2.30. The zero-order valence-corrected chi connectivity index (χ0v) is 12.3. The summed E-state index contributed by atoms with van der Waals surface area (Å²) in [4.78, 5) is 4.29. The fourth-order valence-electron chi connectivity index (χ4n) is 1.85. The van der Waals surface area contributed by atoms with E-state index in [2.05, 4.69) is 46.1 Å². The number of hydrogen-bond donors (Lipinski definition) is 1. The molecule has 0 aliphatic carbocycles. The first-order chi connectivity index (χ1) is 8.74. The molecule has 3 nitrogen and oxygen atoms in total. The number of rotatable bonds is 5. The molecule has 0 fully saturated rings. The Morgan fingerprint density at radius 2 is 2.22 bits per heavy atom. The molecular formula is C14H17BrN2O. The Kier molecular flexibility index (Phi) is 4.55. The largest absolute Gasteiger partial charge is 0.443 e. The normalized spacial score (nSPS) is 10.8. The molecule has 1 heterocycles. The topological polar surface area (TPSA) is 38.1 Å². The van der Waals surface area contributed by atoms with Crippen molar-refractivity contribution in [1.29, 1.82) is 0 Å². The van der Waals surface area contributed by atoms with Crippen LogP contribution in [0.25, 0.3) is 11.3 Å². The van der Waals surface area contributed by atoms with Gasteiger partial charge >= 0.3 is 0 Å². The first kappa shape index (κ1) is 13.3. The van der Waals surface area contributed by atoms with Gasteiger partial charge in [0.05, 0.1) is 0 Å². The molecule has 1 aromatic heterocycles.